The van der Waals surface area contributed by atoms with E-state index >= 15 is 0 Å². The van der Waals surface area contributed by atoms with Gasteiger partial charge in [0.05, 0.1) is 37.4 Å². The maximum atomic E-state index is 12.7. The number of carbonyl (C=O) groups excluding carboxylic acids is 1. The Morgan fingerprint density at radius 1 is 1.24 bits per heavy atom. The highest BCUT2D eigenvalue weighted by Crippen LogP contribution is 2.24. The lowest BCUT2D eigenvalue weighted by Crippen LogP contribution is -2.36. The van der Waals surface area contributed by atoms with Gasteiger partial charge in [0, 0.05) is 24.4 Å². The standard InChI is InChI=1S/C19H19N3O3/c23-19(16-4-6-20-21-11-16)22-7-9-24-13-14(12-22)10-15-2-1-3-18-17(15)5-8-25-18/h1-6,8,11,14H,7,9-10,12-13H2. The van der Waals surface area contributed by atoms with E-state index in [2.05, 4.69) is 16.3 Å². The first-order valence-electron chi connectivity index (χ1n) is 8.40. The summed E-state index contributed by atoms with van der Waals surface area (Å²) in [5.74, 6) is 0.216. The van der Waals surface area contributed by atoms with Gasteiger partial charge < -0.3 is 14.1 Å². The number of amides is 1. The molecule has 25 heavy (non-hydrogen) atoms. The summed E-state index contributed by atoms with van der Waals surface area (Å²) in [6.45, 7) is 2.45. The summed E-state index contributed by atoms with van der Waals surface area (Å²) in [6.07, 6.45) is 5.60. The van der Waals surface area contributed by atoms with E-state index in [1.165, 1.54) is 11.8 Å². The Hall–Kier alpha value is -2.73. The first-order chi connectivity index (χ1) is 12.3. The molecule has 1 unspecified atom stereocenters. The molecular formula is C19H19N3O3. The van der Waals surface area contributed by atoms with Gasteiger partial charge in [-0.15, -0.1) is 0 Å². The van der Waals surface area contributed by atoms with Gasteiger partial charge in [-0.3, -0.25) is 4.79 Å². The molecule has 1 amide bonds. The van der Waals surface area contributed by atoms with Crippen molar-refractivity contribution in [3.8, 4) is 0 Å². The molecule has 0 spiro atoms. The van der Waals surface area contributed by atoms with Crippen molar-refractivity contribution in [1.82, 2.24) is 15.1 Å². The van der Waals surface area contributed by atoms with Crippen molar-refractivity contribution in [2.45, 2.75) is 6.42 Å². The first kappa shape index (κ1) is 15.8. The average Bonchev–Trinajstić information content (AvgIpc) is 3.02. The monoisotopic (exact) mass is 337 g/mol. The van der Waals surface area contributed by atoms with Crippen molar-refractivity contribution in [2.24, 2.45) is 5.92 Å². The Kier molecular flexibility index (Phi) is 4.43. The largest absolute Gasteiger partial charge is 0.464 e. The van der Waals surface area contributed by atoms with Gasteiger partial charge in [-0.05, 0) is 30.2 Å². The van der Waals surface area contributed by atoms with E-state index in [9.17, 15) is 4.79 Å². The highest BCUT2D eigenvalue weighted by molar-refractivity contribution is 5.93. The topological polar surface area (TPSA) is 68.5 Å². The number of ether oxygens (including phenoxy) is 1. The van der Waals surface area contributed by atoms with Gasteiger partial charge in [0.2, 0.25) is 0 Å². The fourth-order valence-corrected chi connectivity index (χ4v) is 3.33. The summed E-state index contributed by atoms with van der Waals surface area (Å²) in [6, 6.07) is 9.77. The molecule has 4 rings (SSSR count). The minimum Gasteiger partial charge on any atom is -0.464 e. The summed E-state index contributed by atoms with van der Waals surface area (Å²) >= 11 is 0. The molecule has 6 heteroatoms. The summed E-state index contributed by atoms with van der Waals surface area (Å²) in [5.41, 5.74) is 2.68. The lowest BCUT2D eigenvalue weighted by molar-refractivity contribution is 0.0736. The zero-order valence-electron chi connectivity index (χ0n) is 13.8. The molecule has 128 valence electrons. The van der Waals surface area contributed by atoms with E-state index in [1.807, 2.05) is 23.1 Å². The molecule has 1 aliphatic heterocycles. The second kappa shape index (κ2) is 7.03. The normalized spacial score (nSPS) is 18.2. The van der Waals surface area contributed by atoms with Gasteiger partial charge in [0.15, 0.2) is 0 Å². The van der Waals surface area contributed by atoms with Crippen molar-refractivity contribution in [3.05, 3.63) is 60.1 Å². The molecule has 1 saturated heterocycles. The van der Waals surface area contributed by atoms with Gasteiger partial charge in [0.25, 0.3) is 5.91 Å². The predicted octanol–water partition coefficient (Wildman–Crippen LogP) is 2.55. The number of furan rings is 1. The highest BCUT2D eigenvalue weighted by atomic mass is 16.5. The molecule has 0 bridgehead atoms. The molecule has 3 aromatic rings. The predicted molar refractivity (Wildman–Crippen MR) is 92.2 cm³/mol. The van der Waals surface area contributed by atoms with E-state index in [-0.39, 0.29) is 11.8 Å². The molecular weight excluding hydrogens is 318 g/mol. The van der Waals surface area contributed by atoms with Gasteiger partial charge in [-0.1, -0.05) is 12.1 Å². The molecule has 1 aliphatic rings. The van der Waals surface area contributed by atoms with E-state index in [1.54, 1.807) is 18.5 Å². The van der Waals surface area contributed by atoms with Crippen LogP contribution in [0.2, 0.25) is 0 Å². The van der Waals surface area contributed by atoms with E-state index in [4.69, 9.17) is 9.15 Å². The van der Waals surface area contributed by atoms with Crippen LogP contribution in [-0.4, -0.2) is 47.3 Å². The second-order valence-corrected chi connectivity index (χ2v) is 6.28. The summed E-state index contributed by atoms with van der Waals surface area (Å²) in [7, 11) is 0. The number of fused-ring (bicyclic) bond motifs is 1. The van der Waals surface area contributed by atoms with Gasteiger partial charge in [-0.2, -0.15) is 10.2 Å². The number of rotatable bonds is 3. The van der Waals surface area contributed by atoms with Crippen molar-refractivity contribution in [3.63, 3.8) is 0 Å². The smallest absolute Gasteiger partial charge is 0.255 e. The molecule has 1 atom stereocenters. The molecule has 1 aromatic carbocycles. The molecule has 2 aromatic heterocycles. The minimum atomic E-state index is -0.0214. The fourth-order valence-electron chi connectivity index (χ4n) is 3.33. The van der Waals surface area contributed by atoms with Crippen molar-refractivity contribution < 1.29 is 13.9 Å². The number of nitrogens with zero attached hydrogens (tertiary/aromatic N) is 3. The van der Waals surface area contributed by atoms with E-state index < -0.39 is 0 Å². The molecule has 0 aliphatic carbocycles. The molecule has 3 heterocycles. The van der Waals surface area contributed by atoms with Crippen molar-refractivity contribution in [2.75, 3.05) is 26.3 Å². The molecule has 0 saturated carbocycles. The number of hydrogen-bond donors (Lipinski definition) is 0. The van der Waals surface area contributed by atoms with Gasteiger partial charge >= 0.3 is 0 Å². The van der Waals surface area contributed by atoms with Crippen LogP contribution < -0.4 is 0 Å². The van der Waals surface area contributed by atoms with Crippen LogP contribution in [0.25, 0.3) is 11.0 Å². The van der Waals surface area contributed by atoms with Crippen LogP contribution in [0.1, 0.15) is 15.9 Å². The zero-order chi connectivity index (χ0) is 17.1. The van der Waals surface area contributed by atoms with Crippen LogP contribution >= 0.6 is 0 Å². The third-order valence-corrected chi connectivity index (χ3v) is 4.55. The number of benzene rings is 1. The molecule has 0 radical (unpaired) electrons. The first-order valence-corrected chi connectivity index (χ1v) is 8.40. The van der Waals surface area contributed by atoms with Crippen molar-refractivity contribution in [1.29, 1.82) is 0 Å². The lowest BCUT2D eigenvalue weighted by atomic mass is 9.97. The highest BCUT2D eigenvalue weighted by Gasteiger charge is 2.24. The second-order valence-electron chi connectivity index (χ2n) is 6.28. The Bertz CT molecular complexity index is 862. The van der Waals surface area contributed by atoms with E-state index in [0.717, 1.165) is 17.4 Å². The van der Waals surface area contributed by atoms with Crippen LogP contribution in [0.15, 0.2) is 53.4 Å². The SMILES string of the molecule is O=C(c1ccnnc1)N1CCOCC(Cc2cccc3occc23)C1. The fraction of sp³-hybridized carbons (Fsp3) is 0.316. The Labute approximate surface area is 145 Å². The third kappa shape index (κ3) is 3.39. The van der Waals surface area contributed by atoms with E-state index in [0.29, 0.717) is 31.9 Å². The third-order valence-electron chi connectivity index (χ3n) is 4.55. The number of hydrogen-bond acceptors (Lipinski definition) is 5. The summed E-state index contributed by atoms with van der Waals surface area (Å²) < 4.78 is 11.2. The summed E-state index contributed by atoms with van der Waals surface area (Å²) in [5, 5.41) is 8.66. The van der Waals surface area contributed by atoms with Crippen LogP contribution in [0.5, 0.6) is 0 Å². The van der Waals surface area contributed by atoms with Crippen LogP contribution in [-0.2, 0) is 11.2 Å². The zero-order valence-corrected chi connectivity index (χ0v) is 13.8. The maximum Gasteiger partial charge on any atom is 0.255 e. The van der Waals surface area contributed by atoms with Gasteiger partial charge in [0.1, 0.15) is 5.58 Å². The molecule has 6 nitrogen and oxygen atoms in total. The maximum absolute atomic E-state index is 12.7. The van der Waals surface area contributed by atoms with Crippen LogP contribution in [0, 0.1) is 5.92 Å². The quantitative estimate of drug-likeness (QED) is 0.735. The minimum absolute atomic E-state index is 0.0214. The molecule has 1 fully saturated rings. The molecule has 0 N–H and O–H groups in total. The van der Waals surface area contributed by atoms with Crippen LogP contribution in [0.4, 0.5) is 0 Å². The van der Waals surface area contributed by atoms with Crippen molar-refractivity contribution >= 4 is 16.9 Å². The summed E-state index contributed by atoms with van der Waals surface area (Å²) in [4.78, 5) is 14.6. The Morgan fingerprint density at radius 2 is 2.20 bits per heavy atom. The Balaban J connectivity index is 1.52. The Morgan fingerprint density at radius 3 is 3.08 bits per heavy atom. The van der Waals surface area contributed by atoms with Crippen LogP contribution in [0.3, 0.4) is 0 Å². The lowest BCUT2D eigenvalue weighted by Gasteiger charge is -2.23. The number of carbonyl (C=O) groups is 1. The number of aromatic nitrogens is 2. The average molecular weight is 337 g/mol. The van der Waals surface area contributed by atoms with Gasteiger partial charge in [-0.25, -0.2) is 0 Å².